The van der Waals surface area contributed by atoms with Gasteiger partial charge in [0.05, 0.1) is 18.6 Å². The number of hydrogen-bond donors (Lipinski definition) is 1. The van der Waals surface area contributed by atoms with Crippen molar-refractivity contribution in [2.75, 3.05) is 45.9 Å². The summed E-state index contributed by atoms with van der Waals surface area (Å²) >= 11 is 0. The Morgan fingerprint density at radius 1 is 1.32 bits per heavy atom. The highest BCUT2D eigenvalue weighted by atomic mass is 16.5. The molecule has 0 aliphatic carbocycles. The molecule has 19 heavy (non-hydrogen) atoms. The van der Waals surface area contributed by atoms with Gasteiger partial charge < -0.3 is 20.3 Å². The fourth-order valence-electron chi connectivity index (χ4n) is 2.98. The Labute approximate surface area is 116 Å². The summed E-state index contributed by atoms with van der Waals surface area (Å²) in [5.41, 5.74) is 5.55. The van der Waals surface area contributed by atoms with Gasteiger partial charge >= 0.3 is 0 Å². The van der Waals surface area contributed by atoms with E-state index in [1.54, 1.807) is 0 Å². The second-order valence-corrected chi connectivity index (χ2v) is 5.74. The van der Waals surface area contributed by atoms with E-state index in [9.17, 15) is 4.79 Å². The topological polar surface area (TPSA) is 58.8 Å². The van der Waals surface area contributed by atoms with Gasteiger partial charge in [0.1, 0.15) is 0 Å². The monoisotopic (exact) mass is 269 g/mol. The molecule has 110 valence electrons. The van der Waals surface area contributed by atoms with Crippen molar-refractivity contribution in [1.29, 1.82) is 0 Å². The van der Waals surface area contributed by atoms with E-state index < -0.39 is 0 Å². The lowest BCUT2D eigenvalue weighted by molar-refractivity contribution is -0.135. The van der Waals surface area contributed by atoms with E-state index in [0.717, 1.165) is 58.5 Å². The summed E-state index contributed by atoms with van der Waals surface area (Å²) in [5.74, 6) is 0.385. The van der Waals surface area contributed by atoms with Crippen LogP contribution in [-0.2, 0) is 9.53 Å². The second-order valence-electron chi connectivity index (χ2n) is 5.74. The minimum Gasteiger partial charge on any atom is -0.378 e. The van der Waals surface area contributed by atoms with Crippen LogP contribution in [0.1, 0.15) is 26.2 Å². The van der Waals surface area contributed by atoms with Crippen LogP contribution in [0.2, 0.25) is 0 Å². The summed E-state index contributed by atoms with van der Waals surface area (Å²) in [6.45, 7) is 8.27. The molecule has 2 saturated heterocycles. The van der Waals surface area contributed by atoms with E-state index >= 15 is 0 Å². The molecular weight excluding hydrogens is 242 g/mol. The Hall–Kier alpha value is -0.650. The molecule has 2 N–H and O–H groups in total. The van der Waals surface area contributed by atoms with Crippen LogP contribution >= 0.6 is 0 Å². The first-order chi connectivity index (χ1) is 9.20. The highest BCUT2D eigenvalue weighted by Gasteiger charge is 2.32. The highest BCUT2D eigenvalue weighted by Crippen LogP contribution is 2.21. The molecule has 2 rings (SSSR count). The predicted molar refractivity (Wildman–Crippen MR) is 74.8 cm³/mol. The molecule has 0 aromatic carbocycles. The summed E-state index contributed by atoms with van der Waals surface area (Å²) in [7, 11) is 0. The molecule has 2 atom stereocenters. The van der Waals surface area contributed by atoms with E-state index in [1.165, 1.54) is 0 Å². The maximum Gasteiger partial charge on any atom is 0.228 e. The number of hydrogen-bond acceptors (Lipinski definition) is 4. The first-order valence-corrected chi connectivity index (χ1v) is 7.53. The lowest BCUT2D eigenvalue weighted by Gasteiger charge is -2.24. The van der Waals surface area contributed by atoms with Gasteiger partial charge in [-0.1, -0.05) is 0 Å². The van der Waals surface area contributed by atoms with Gasteiger partial charge in [-0.3, -0.25) is 4.79 Å². The van der Waals surface area contributed by atoms with E-state index in [0.29, 0.717) is 12.5 Å². The van der Waals surface area contributed by atoms with Gasteiger partial charge in [-0.2, -0.15) is 0 Å². The van der Waals surface area contributed by atoms with Gasteiger partial charge in [-0.25, -0.2) is 0 Å². The van der Waals surface area contributed by atoms with Crippen molar-refractivity contribution in [3.05, 3.63) is 0 Å². The maximum absolute atomic E-state index is 12.4. The molecular formula is C14H27N3O2. The van der Waals surface area contributed by atoms with Gasteiger partial charge in [0.2, 0.25) is 5.91 Å². The number of nitrogens with two attached hydrogens (primary N) is 1. The molecule has 0 radical (unpaired) electrons. The Morgan fingerprint density at radius 3 is 2.84 bits per heavy atom. The fraction of sp³-hybridized carbons (Fsp3) is 0.929. The zero-order valence-corrected chi connectivity index (χ0v) is 12.0. The molecule has 2 unspecified atom stereocenters. The molecule has 0 saturated carbocycles. The number of carbonyl (C=O) groups is 1. The number of carbonyl (C=O) groups excluding carboxylic acids is 1. The lowest BCUT2D eigenvalue weighted by Crippen LogP contribution is -2.39. The zero-order chi connectivity index (χ0) is 13.7. The van der Waals surface area contributed by atoms with Crippen molar-refractivity contribution < 1.29 is 9.53 Å². The first kappa shape index (κ1) is 14.8. The number of rotatable bonds is 4. The molecule has 0 spiro atoms. The first-order valence-electron chi connectivity index (χ1n) is 7.53. The molecule has 5 nitrogen and oxygen atoms in total. The van der Waals surface area contributed by atoms with Crippen molar-refractivity contribution in [1.82, 2.24) is 9.80 Å². The van der Waals surface area contributed by atoms with E-state index in [-0.39, 0.29) is 12.0 Å². The SMILES string of the molecule is CC1CC(C(=O)N2CCCN(CCCN)CC2)CO1. The quantitative estimate of drug-likeness (QED) is 0.797. The maximum atomic E-state index is 12.4. The second kappa shape index (κ2) is 7.22. The molecule has 0 aromatic heterocycles. The van der Waals surface area contributed by atoms with Crippen LogP contribution in [0.4, 0.5) is 0 Å². The van der Waals surface area contributed by atoms with Crippen molar-refractivity contribution >= 4 is 5.91 Å². The van der Waals surface area contributed by atoms with Gasteiger partial charge in [-0.15, -0.1) is 0 Å². The molecule has 0 bridgehead atoms. The zero-order valence-electron chi connectivity index (χ0n) is 12.0. The van der Waals surface area contributed by atoms with Gasteiger partial charge in [-0.05, 0) is 45.8 Å². The Bertz CT molecular complexity index is 298. The summed E-state index contributed by atoms with van der Waals surface area (Å²) in [4.78, 5) is 16.9. The van der Waals surface area contributed by atoms with Crippen molar-refractivity contribution in [2.24, 2.45) is 11.7 Å². The lowest BCUT2D eigenvalue weighted by atomic mass is 10.0. The van der Waals surface area contributed by atoms with Crippen LogP contribution in [0.15, 0.2) is 0 Å². The number of nitrogens with zero attached hydrogens (tertiary/aromatic N) is 2. The third-order valence-electron chi connectivity index (χ3n) is 4.13. The molecule has 2 aliphatic heterocycles. The summed E-state index contributed by atoms with van der Waals surface area (Å²) in [6.07, 6.45) is 3.23. The molecule has 5 heteroatoms. The van der Waals surface area contributed by atoms with Crippen LogP contribution in [0.25, 0.3) is 0 Å². The summed E-state index contributed by atoms with van der Waals surface area (Å²) in [5, 5.41) is 0. The van der Waals surface area contributed by atoms with Gasteiger partial charge in [0, 0.05) is 19.6 Å². The summed E-state index contributed by atoms with van der Waals surface area (Å²) in [6, 6.07) is 0. The summed E-state index contributed by atoms with van der Waals surface area (Å²) < 4.78 is 5.51. The highest BCUT2D eigenvalue weighted by molar-refractivity contribution is 5.79. The molecule has 2 heterocycles. The average molecular weight is 269 g/mol. The standard InChI is InChI=1S/C14H27N3O2/c1-12-10-13(11-19-12)14(18)17-7-3-6-16(8-9-17)5-2-4-15/h12-13H,2-11,15H2,1H3. The molecule has 1 amide bonds. The third-order valence-corrected chi connectivity index (χ3v) is 4.13. The van der Waals surface area contributed by atoms with Crippen LogP contribution < -0.4 is 5.73 Å². The van der Waals surface area contributed by atoms with E-state index in [1.807, 2.05) is 11.8 Å². The number of amides is 1. The van der Waals surface area contributed by atoms with Gasteiger partial charge in [0.15, 0.2) is 0 Å². The molecule has 2 aliphatic rings. The Kier molecular flexibility index (Phi) is 5.60. The van der Waals surface area contributed by atoms with Crippen LogP contribution in [0.5, 0.6) is 0 Å². The van der Waals surface area contributed by atoms with Crippen molar-refractivity contribution in [3.8, 4) is 0 Å². The minimum atomic E-state index is 0.0885. The fourth-order valence-corrected chi connectivity index (χ4v) is 2.98. The largest absolute Gasteiger partial charge is 0.378 e. The smallest absolute Gasteiger partial charge is 0.228 e. The minimum absolute atomic E-state index is 0.0885. The van der Waals surface area contributed by atoms with E-state index in [4.69, 9.17) is 10.5 Å². The van der Waals surface area contributed by atoms with Crippen molar-refractivity contribution in [3.63, 3.8) is 0 Å². The van der Waals surface area contributed by atoms with Crippen molar-refractivity contribution in [2.45, 2.75) is 32.3 Å². The predicted octanol–water partition coefficient (Wildman–Crippen LogP) is 0.295. The average Bonchev–Trinajstić information content (AvgIpc) is 2.71. The van der Waals surface area contributed by atoms with Crippen LogP contribution in [-0.4, -0.2) is 67.7 Å². The normalized spacial score (nSPS) is 29.5. The third kappa shape index (κ3) is 4.16. The Balaban J connectivity index is 1.80. The number of ether oxygens (including phenoxy) is 1. The van der Waals surface area contributed by atoms with E-state index in [2.05, 4.69) is 4.90 Å². The van der Waals surface area contributed by atoms with Crippen LogP contribution in [0.3, 0.4) is 0 Å². The molecule has 2 fully saturated rings. The Morgan fingerprint density at radius 2 is 2.16 bits per heavy atom. The van der Waals surface area contributed by atoms with Crippen LogP contribution in [0, 0.1) is 5.92 Å². The van der Waals surface area contributed by atoms with Gasteiger partial charge in [0.25, 0.3) is 0 Å². The molecule has 0 aromatic rings.